The van der Waals surface area contributed by atoms with E-state index in [-0.39, 0.29) is 6.17 Å². The molecule has 0 amide bonds. The van der Waals surface area contributed by atoms with Crippen molar-refractivity contribution < 1.29 is 5.48 Å². The van der Waals surface area contributed by atoms with Gasteiger partial charge in [-0.25, -0.2) is 4.98 Å². The van der Waals surface area contributed by atoms with E-state index in [0.29, 0.717) is 0 Å². The zero-order chi connectivity index (χ0) is 21.4. The van der Waals surface area contributed by atoms with Crippen molar-refractivity contribution in [2.24, 2.45) is 0 Å². The van der Waals surface area contributed by atoms with Crippen LogP contribution in [-0.4, -0.2) is 26.6 Å². The fourth-order valence-electron chi connectivity index (χ4n) is 4.19. The van der Waals surface area contributed by atoms with E-state index in [1.54, 1.807) is 11.1 Å². The van der Waals surface area contributed by atoms with Crippen molar-refractivity contribution in [1.82, 2.24) is 14.5 Å². The molecule has 2 aliphatic rings. The van der Waals surface area contributed by atoms with Crippen LogP contribution in [0.1, 0.15) is 43.1 Å². The van der Waals surface area contributed by atoms with Crippen molar-refractivity contribution >= 4 is 16.7 Å². The lowest BCUT2D eigenvalue weighted by Gasteiger charge is -2.33. The van der Waals surface area contributed by atoms with Crippen LogP contribution in [0.4, 0.5) is 5.69 Å². The minimum Gasteiger partial charge on any atom is -0.353 e. The molecule has 0 fully saturated rings. The van der Waals surface area contributed by atoms with Crippen LogP contribution in [0.2, 0.25) is 0 Å². The molecule has 132 valence electrons. The van der Waals surface area contributed by atoms with Gasteiger partial charge in [0.25, 0.3) is 0 Å². The molecule has 3 aromatic rings. The van der Waals surface area contributed by atoms with E-state index in [2.05, 4.69) is 29.7 Å². The van der Waals surface area contributed by atoms with Gasteiger partial charge in [-0.3, -0.25) is 4.57 Å². The maximum Gasteiger partial charge on any atom is 0.118 e. The predicted molar refractivity (Wildman–Crippen MR) is 107 cm³/mol. The Morgan fingerprint density at radius 3 is 2.92 bits per heavy atom. The number of anilines is 1. The first-order valence-electron chi connectivity index (χ1n) is 10.9. The maximum atomic E-state index is 8.45. The lowest BCUT2D eigenvalue weighted by molar-refractivity contribution is 0.263. The molecule has 0 aliphatic carbocycles. The van der Waals surface area contributed by atoms with Crippen LogP contribution < -0.4 is 4.90 Å². The van der Waals surface area contributed by atoms with Crippen LogP contribution in [0.15, 0.2) is 48.8 Å². The summed E-state index contributed by atoms with van der Waals surface area (Å²) >= 11 is 0. The summed E-state index contributed by atoms with van der Waals surface area (Å²) in [5.41, 5.74) is 6.59. The summed E-state index contributed by atoms with van der Waals surface area (Å²) in [6, 6.07) is 10.8. The van der Waals surface area contributed by atoms with Gasteiger partial charge in [0.05, 0.1) is 18.1 Å². The summed E-state index contributed by atoms with van der Waals surface area (Å²) < 4.78 is 34.0. The summed E-state index contributed by atoms with van der Waals surface area (Å²) in [6.45, 7) is 3.04. The fraction of sp³-hybridized carbons (Fsp3) is 0.318. The van der Waals surface area contributed by atoms with E-state index in [1.807, 2.05) is 36.2 Å². The Labute approximate surface area is 160 Å². The van der Waals surface area contributed by atoms with E-state index >= 15 is 0 Å². The Balaban J connectivity index is 1.53. The molecule has 4 heteroatoms. The smallest absolute Gasteiger partial charge is 0.118 e. The van der Waals surface area contributed by atoms with E-state index in [4.69, 9.17) is 10.5 Å². The van der Waals surface area contributed by atoms with Gasteiger partial charge in [-0.15, -0.1) is 0 Å². The SMILES string of the molecule is [2H]C([2H])([2H])C([2H])(C)N1C=CN(c2cc3c(cc2C)-n2c(nc4ccccc42)C3)[C@H]1C. The number of para-hydroxylation sites is 2. The molecule has 1 aromatic heterocycles. The quantitative estimate of drug-likeness (QED) is 0.530. The molecule has 2 aliphatic heterocycles. The molecule has 0 spiro atoms. The van der Waals surface area contributed by atoms with Crippen molar-refractivity contribution in [2.45, 2.75) is 46.2 Å². The van der Waals surface area contributed by atoms with Gasteiger partial charge in [-0.1, -0.05) is 12.1 Å². The van der Waals surface area contributed by atoms with E-state index in [1.165, 1.54) is 12.5 Å². The number of nitrogens with zero attached hydrogens (tertiary/aromatic N) is 4. The Hall–Kier alpha value is -2.75. The van der Waals surface area contributed by atoms with Crippen molar-refractivity contribution in [3.05, 3.63) is 65.7 Å². The molecular weight excluding hydrogens is 320 g/mol. The highest BCUT2D eigenvalue weighted by Gasteiger charge is 2.29. The molecule has 2 atom stereocenters. The molecule has 0 N–H and O–H groups in total. The largest absolute Gasteiger partial charge is 0.353 e. The monoisotopic (exact) mass is 348 g/mol. The molecule has 2 aromatic carbocycles. The molecular formula is C22H24N4. The number of imidazole rings is 1. The summed E-state index contributed by atoms with van der Waals surface area (Å²) in [4.78, 5) is 8.44. The van der Waals surface area contributed by atoms with Crippen LogP contribution in [0, 0.1) is 6.92 Å². The molecule has 0 bridgehead atoms. The highest BCUT2D eigenvalue weighted by Crippen LogP contribution is 2.38. The molecule has 0 saturated heterocycles. The Kier molecular flexibility index (Phi) is 2.43. The summed E-state index contributed by atoms with van der Waals surface area (Å²) in [5, 5.41) is 0. The number of aryl methyl sites for hydroxylation is 1. The molecule has 0 saturated carbocycles. The average molecular weight is 348 g/mol. The molecule has 1 unspecified atom stereocenters. The van der Waals surface area contributed by atoms with Crippen LogP contribution in [0.3, 0.4) is 0 Å². The molecule has 3 heterocycles. The first-order valence-corrected chi connectivity index (χ1v) is 8.95. The maximum absolute atomic E-state index is 8.45. The topological polar surface area (TPSA) is 24.3 Å². The number of benzene rings is 2. The Bertz CT molecular complexity index is 1190. The van der Waals surface area contributed by atoms with Gasteiger partial charge in [-0.05, 0) is 63.0 Å². The van der Waals surface area contributed by atoms with Gasteiger partial charge >= 0.3 is 0 Å². The highest BCUT2D eigenvalue weighted by molar-refractivity contribution is 5.81. The van der Waals surface area contributed by atoms with Gasteiger partial charge in [0.2, 0.25) is 0 Å². The van der Waals surface area contributed by atoms with Gasteiger partial charge in [0.15, 0.2) is 0 Å². The third-order valence-corrected chi connectivity index (χ3v) is 5.48. The van der Waals surface area contributed by atoms with Gasteiger partial charge < -0.3 is 9.80 Å². The number of aromatic nitrogens is 2. The Morgan fingerprint density at radius 1 is 1.23 bits per heavy atom. The number of hydrogen-bond donors (Lipinski definition) is 0. The Morgan fingerprint density at radius 2 is 2.08 bits per heavy atom. The van der Waals surface area contributed by atoms with Gasteiger partial charge in [-0.2, -0.15) is 0 Å². The van der Waals surface area contributed by atoms with Crippen LogP contribution in [0.5, 0.6) is 0 Å². The van der Waals surface area contributed by atoms with Gasteiger partial charge in [0.1, 0.15) is 12.0 Å². The molecule has 26 heavy (non-hydrogen) atoms. The second-order valence-electron chi connectivity index (χ2n) is 7.13. The average Bonchev–Trinajstić information content (AvgIpc) is 3.31. The molecule has 4 nitrogen and oxygen atoms in total. The van der Waals surface area contributed by atoms with Crippen LogP contribution >= 0.6 is 0 Å². The second kappa shape index (κ2) is 5.37. The van der Waals surface area contributed by atoms with Crippen LogP contribution in [0.25, 0.3) is 16.7 Å². The zero-order valence-electron chi connectivity index (χ0n) is 19.2. The summed E-state index contributed by atoms with van der Waals surface area (Å²) in [5.74, 6) is 1.04. The summed E-state index contributed by atoms with van der Waals surface area (Å²) in [7, 11) is 0. The second-order valence-corrected chi connectivity index (χ2v) is 7.13. The molecule has 0 radical (unpaired) electrons. The van der Waals surface area contributed by atoms with E-state index in [0.717, 1.165) is 40.2 Å². The predicted octanol–water partition coefficient (Wildman–Crippen LogP) is 4.59. The first-order chi connectivity index (χ1) is 14.1. The first kappa shape index (κ1) is 11.8. The van der Waals surface area contributed by atoms with Crippen LogP contribution in [-0.2, 0) is 6.42 Å². The van der Waals surface area contributed by atoms with E-state index in [9.17, 15) is 0 Å². The zero-order valence-corrected chi connectivity index (χ0v) is 15.2. The molecule has 5 rings (SSSR count). The van der Waals surface area contributed by atoms with Crippen molar-refractivity contribution in [3.8, 4) is 5.69 Å². The third-order valence-electron chi connectivity index (χ3n) is 5.48. The minimum atomic E-state index is -2.41. The lowest BCUT2D eigenvalue weighted by Crippen LogP contribution is -2.39. The minimum absolute atomic E-state index is 0.274. The van der Waals surface area contributed by atoms with Gasteiger partial charge in [0, 0.05) is 34.6 Å². The third kappa shape index (κ3) is 2.05. The number of fused-ring (bicyclic) bond motifs is 5. The van der Waals surface area contributed by atoms with E-state index < -0.39 is 12.9 Å². The van der Waals surface area contributed by atoms with Crippen molar-refractivity contribution in [1.29, 1.82) is 0 Å². The fourth-order valence-corrected chi connectivity index (χ4v) is 4.19. The number of hydrogen-bond acceptors (Lipinski definition) is 3. The normalized spacial score (nSPS) is 23.3. The summed E-state index contributed by atoms with van der Waals surface area (Å²) in [6.07, 6.45) is 4.08. The number of rotatable bonds is 2. The standard InChI is InChI=1S/C22H24N4/c1-14(2)24-9-10-25(16(24)4)20-12-17-13-22-23-18-7-5-6-8-19(18)26(22)21(17)11-15(20)3/h5-12,14,16H,13H2,1-4H3/t16-/m0/s1/i1D3,14D/t14?,16-. The highest BCUT2D eigenvalue weighted by atomic mass is 15.4. The van der Waals surface area contributed by atoms with Crippen molar-refractivity contribution in [3.63, 3.8) is 0 Å². The lowest BCUT2D eigenvalue weighted by atomic mass is 10.1. The van der Waals surface area contributed by atoms with Crippen molar-refractivity contribution in [2.75, 3.05) is 4.90 Å².